The van der Waals surface area contributed by atoms with Crippen LogP contribution in [-0.2, 0) is 22.4 Å². The third kappa shape index (κ3) is 3.65. The highest BCUT2D eigenvalue weighted by molar-refractivity contribution is 6.51. The number of Topliss-reactive ketones (excluding diaryl/α,β-unsaturated/α-hetero) is 1. The molecule has 34 heavy (non-hydrogen) atoms. The number of nitriles is 1. The van der Waals surface area contributed by atoms with Crippen molar-refractivity contribution in [1.82, 2.24) is 0 Å². The van der Waals surface area contributed by atoms with Gasteiger partial charge < -0.3 is 5.11 Å². The average Bonchev–Trinajstić information content (AvgIpc) is 3.14. The number of rotatable bonds is 3. The fraction of sp³-hybridized carbons (Fsp3) is 0.179. The Bertz CT molecular complexity index is 1370. The first-order chi connectivity index (χ1) is 16.5. The van der Waals surface area contributed by atoms with E-state index in [2.05, 4.69) is 0 Å². The van der Waals surface area contributed by atoms with Gasteiger partial charge in [0, 0.05) is 11.3 Å². The fourth-order valence-corrected chi connectivity index (χ4v) is 4.79. The topological polar surface area (TPSA) is 81.4 Å². The van der Waals surface area contributed by atoms with Gasteiger partial charge in [-0.3, -0.25) is 14.5 Å². The number of carbonyl (C=O) groups excluding carboxylic acids is 2. The Morgan fingerprint density at radius 2 is 1.62 bits per heavy atom. The number of nitrogens with zero attached hydrogens (tertiary/aromatic N) is 2. The van der Waals surface area contributed by atoms with E-state index < -0.39 is 23.5 Å². The number of aliphatic hydroxyl groups excluding tert-OH is 1. The highest BCUT2D eigenvalue weighted by Gasteiger charge is 2.47. The molecule has 3 aromatic carbocycles. The molecule has 1 fully saturated rings. The number of anilines is 1. The number of fused-ring (bicyclic) bond motifs is 1. The second-order valence-corrected chi connectivity index (χ2v) is 8.57. The second-order valence-electron chi connectivity index (χ2n) is 8.57. The third-order valence-corrected chi connectivity index (χ3v) is 6.53. The van der Waals surface area contributed by atoms with Crippen LogP contribution in [-0.4, -0.2) is 16.8 Å². The van der Waals surface area contributed by atoms with Gasteiger partial charge in [-0.05, 0) is 84.8 Å². The van der Waals surface area contributed by atoms with Crippen molar-refractivity contribution in [3.63, 3.8) is 0 Å². The molecule has 0 radical (unpaired) electrons. The maximum absolute atomic E-state index is 13.7. The Morgan fingerprint density at radius 1 is 0.941 bits per heavy atom. The van der Waals surface area contributed by atoms with Gasteiger partial charge in [0.1, 0.15) is 11.6 Å². The molecular formula is C28H21FN2O3. The quantitative estimate of drug-likeness (QED) is 0.336. The molecule has 1 atom stereocenters. The molecule has 5 rings (SSSR count). The van der Waals surface area contributed by atoms with Crippen LogP contribution in [0.3, 0.4) is 0 Å². The first-order valence-electron chi connectivity index (χ1n) is 11.2. The number of ketones is 1. The molecule has 2 aliphatic rings. The van der Waals surface area contributed by atoms with E-state index in [-0.39, 0.29) is 11.3 Å². The number of hydrogen-bond donors (Lipinski definition) is 1. The van der Waals surface area contributed by atoms with Crippen LogP contribution in [0.4, 0.5) is 10.1 Å². The predicted octanol–water partition coefficient (Wildman–Crippen LogP) is 5.20. The van der Waals surface area contributed by atoms with E-state index in [9.17, 15) is 19.1 Å². The normalized spacial score (nSPS) is 19.1. The smallest absolute Gasteiger partial charge is 0.300 e. The van der Waals surface area contributed by atoms with Crippen molar-refractivity contribution in [3.8, 4) is 6.07 Å². The molecule has 1 unspecified atom stereocenters. The first kappa shape index (κ1) is 21.6. The molecule has 1 N–H and O–H groups in total. The van der Waals surface area contributed by atoms with E-state index in [0.717, 1.165) is 31.2 Å². The molecule has 0 aromatic heterocycles. The van der Waals surface area contributed by atoms with E-state index in [0.29, 0.717) is 22.4 Å². The van der Waals surface area contributed by atoms with Crippen LogP contribution in [0.2, 0.25) is 0 Å². The molecule has 1 amide bonds. The van der Waals surface area contributed by atoms with Gasteiger partial charge in [-0.25, -0.2) is 4.39 Å². The Hall–Kier alpha value is -4.24. The summed E-state index contributed by atoms with van der Waals surface area (Å²) in [4.78, 5) is 27.7. The zero-order valence-electron chi connectivity index (χ0n) is 18.3. The van der Waals surface area contributed by atoms with Crippen LogP contribution in [0.15, 0.2) is 72.3 Å². The minimum atomic E-state index is -0.940. The van der Waals surface area contributed by atoms with Crippen LogP contribution in [0.1, 0.15) is 46.7 Å². The van der Waals surface area contributed by atoms with Gasteiger partial charge in [0.2, 0.25) is 0 Å². The van der Waals surface area contributed by atoms with Gasteiger partial charge in [-0.1, -0.05) is 24.3 Å². The standard InChI is InChI=1S/C28H21FN2O3/c29-22-11-9-19(10-12-22)25-24(26(32)21-8-7-18-3-1-2-4-20(18)15-21)27(33)28(34)31(25)23-13-5-17(16-30)6-14-23/h5-15,25,32H,1-4H2/b26-24-. The molecular weight excluding hydrogens is 431 g/mol. The van der Waals surface area contributed by atoms with Gasteiger partial charge in [-0.15, -0.1) is 0 Å². The largest absolute Gasteiger partial charge is 0.507 e. The number of amides is 1. The summed E-state index contributed by atoms with van der Waals surface area (Å²) in [5.41, 5.74) is 4.10. The van der Waals surface area contributed by atoms with Gasteiger partial charge in [0.05, 0.1) is 23.2 Å². The fourth-order valence-electron chi connectivity index (χ4n) is 4.79. The maximum Gasteiger partial charge on any atom is 0.300 e. The zero-order chi connectivity index (χ0) is 23.8. The van der Waals surface area contributed by atoms with Gasteiger partial charge in [0.15, 0.2) is 0 Å². The van der Waals surface area contributed by atoms with Gasteiger partial charge in [0.25, 0.3) is 11.7 Å². The molecule has 168 valence electrons. The summed E-state index contributed by atoms with van der Waals surface area (Å²) in [6.07, 6.45) is 4.07. The summed E-state index contributed by atoms with van der Waals surface area (Å²) in [6.45, 7) is 0. The van der Waals surface area contributed by atoms with Crippen molar-refractivity contribution in [1.29, 1.82) is 5.26 Å². The molecule has 1 saturated heterocycles. The maximum atomic E-state index is 13.7. The monoisotopic (exact) mass is 452 g/mol. The number of aryl methyl sites for hydroxylation is 2. The molecule has 1 aliphatic carbocycles. The lowest BCUT2D eigenvalue weighted by Crippen LogP contribution is -2.29. The minimum absolute atomic E-state index is 0.0447. The molecule has 1 heterocycles. The number of carbonyl (C=O) groups is 2. The Morgan fingerprint density at radius 3 is 2.29 bits per heavy atom. The Kier molecular flexibility index (Phi) is 5.46. The molecule has 0 saturated carbocycles. The van der Waals surface area contributed by atoms with Crippen molar-refractivity contribution in [2.45, 2.75) is 31.7 Å². The summed E-state index contributed by atoms with van der Waals surface area (Å²) >= 11 is 0. The van der Waals surface area contributed by atoms with E-state index >= 15 is 0 Å². The van der Waals surface area contributed by atoms with Crippen LogP contribution in [0.5, 0.6) is 0 Å². The Balaban J connectivity index is 1.68. The van der Waals surface area contributed by atoms with Crippen molar-refractivity contribution >= 4 is 23.1 Å². The Labute approximate surface area is 196 Å². The van der Waals surface area contributed by atoms with Crippen LogP contribution in [0, 0.1) is 17.1 Å². The first-order valence-corrected chi connectivity index (χ1v) is 11.2. The summed E-state index contributed by atoms with van der Waals surface area (Å²) in [5, 5.41) is 20.4. The number of benzene rings is 3. The minimum Gasteiger partial charge on any atom is -0.507 e. The summed E-state index contributed by atoms with van der Waals surface area (Å²) in [5.74, 6) is -2.31. The highest BCUT2D eigenvalue weighted by Crippen LogP contribution is 2.42. The lowest BCUT2D eigenvalue weighted by Gasteiger charge is -2.25. The summed E-state index contributed by atoms with van der Waals surface area (Å²) in [7, 11) is 0. The van der Waals surface area contributed by atoms with E-state index in [1.54, 1.807) is 30.3 Å². The molecule has 6 heteroatoms. The number of hydrogen-bond acceptors (Lipinski definition) is 4. The zero-order valence-corrected chi connectivity index (χ0v) is 18.3. The highest BCUT2D eigenvalue weighted by atomic mass is 19.1. The third-order valence-electron chi connectivity index (χ3n) is 6.53. The lowest BCUT2D eigenvalue weighted by atomic mass is 9.88. The average molecular weight is 452 g/mol. The van der Waals surface area contributed by atoms with Crippen molar-refractivity contribution in [2.75, 3.05) is 4.90 Å². The van der Waals surface area contributed by atoms with Crippen molar-refractivity contribution in [3.05, 3.63) is 106 Å². The molecule has 0 bridgehead atoms. The molecule has 5 nitrogen and oxygen atoms in total. The molecule has 3 aromatic rings. The summed E-state index contributed by atoms with van der Waals surface area (Å²) in [6, 6.07) is 18.5. The second kappa shape index (κ2) is 8.60. The summed E-state index contributed by atoms with van der Waals surface area (Å²) < 4.78 is 13.7. The van der Waals surface area contributed by atoms with E-state index in [1.165, 1.54) is 34.7 Å². The van der Waals surface area contributed by atoms with E-state index in [1.807, 2.05) is 18.2 Å². The SMILES string of the molecule is N#Cc1ccc(N2C(=O)C(=O)/C(=C(\O)c3ccc4c(c3)CCCC4)C2c2ccc(F)cc2)cc1. The van der Waals surface area contributed by atoms with Gasteiger partial charge in [-0.2, -0.15) is 5.26 Å². The number of halogens is 1. The lowest BCUT2D eigenvalue weighted by molar-refractivity contribution is -0.132. The molecule has 0 spiro atoms. The number of aliphatic hydroxyl groups is 1. The van der Waals surface area contributed by atoms with Crippen molar-refractivity contribution < 1.29 is 19.1 Å². The molecule has 1 aliphatic heterocycles. The van der Waals surface area contributed by atoms with Crippen molar-refractivity contribution in [2.24, 2.45) is 0 Å². The van der Waals surface area contributed by atoms with E-state index in [4.69, 9.17) is 5.26 Å². The van der Waals surface area contributed by atoms with Gasteiger partial charge >= 0.3 is 0 Å². The van der Waals surface area contributed by atoms with Crippen LogP contribution in [0.25, 0.3) is 5.76 Å². The predicted molar refractivity (Wildman–Crippen MR) is 125 cm³/mol. The van der Waals surface area contributed by atoms with Crippen LogP contribution < -0.4 is 4.90 Å². The van der Waals surface area contributed by atoms with Crippen LogP contribution >= 0.6 is 0 Å².